The molecule has 0 aliphatic rings. The van der Waals surface area contributed by atoms with E-state index in [1.807, 2.05) is 36.4 Å². The Balaban J connectivity index is 1.43. The Kier molecular flexibility index (Phi) is 9.44. The van der Waals surface area contributed by atoms with E-state index in [0.717, 1.165) is 28.4 Å². The summed E-state index contributed by atoms with van der Waals surface area (Å²) in [6, 6.07) is 21.8. The van der Waals surface area contributed by atoms with Crippen LogP contribution < -0.4 is 14.9 Å². The summed E-state index contributed by atoms with van der Waals surface area (Å²) in [7, 11) is 0. The van der Waals surface area contributed by atoms with Gasteiger partial charge < -0.3 is 9.47 Å². The van der Waals surface area contributed by atoms with E-state index < -0.39 is 5.97 Å². The minimum absolute atomic E-state index is 0.126. The Morgan fingerprint density at radius 2 is 1.67 bits per heavy atom. The van der Waals surface area contributed by atoms with E-state index in [4.69, 9.17) is 9.47 Å². The monoisotopic (exact) mass is 556 g/mol. The summed E-state index contributed by atoms with van der Waals surface area (Å²) in [4.78, 5) is 24.2. The Morgan fingerprint density at radius 3 is 2.36 bits per heavy atom. The van der Waals surface area contributed by atoms with Crippen molar-refractivity contribution in [2.75, 3.05) is 6.61 Å². The molecule has 1 N–H and O–H groups in total. The SMILES string of the molecule is CCCCc1ccc(OCC(=O)NN=Cc2ccc(OC(=O)c3ccccc3I)cc2)cc1. The largest absolute Gasteiger partial charge is 0.484 e. The maximum Gasteiger partial charge on any atom is 0.344 e. The number of nitrogens with zero attached hydrogens (tertiary/aromatic N) is 1. The molecule has 0 aromatic heterocycles. The van der Waals surface area contributed by atoms with E-state index in [2.05, 4.69) is 40.0 Å². The number of benzene rings is 3. The number of esters is 1. The highest BCUT2D eigenvalue weighted by Gasteiger charge is 2.11. The van der Waals surface area contributed by atoms with Gasteiger partial charge in [-0.25, -0.2) is 10.2 Å². The molecule has 6 nitrogen and oxygen atoms in total. The van der Waals surface area contributed by atoms with Crippen LogP contribution in [-0.2, 0) is 11.2 Å². The summed E-state index contributed by atoms with van der Waals surface area (Å²) in [6.45, 7) is 2.04. The van der Waals surface area contributed by atoms with Gasteiger partial charge in [0.1, 0.15) is 11.5 Å². The number of hydrogen-bond acceptors (Lipinski definition) is 5. The van der Waals surface area contributed by atoms with Crippen LogP contribution in [0.5, 0.6) is 11.5 Å². The number of hydrogen-bond donors (Lipinski definition) is 1. The maximum atomic E-state index is 12.3. The first kappa shape index (κ1) is 24.4. The van der Waals surface area contributed by atoms with Crippen LogP contribution in [0.4, 0.5) is 0 Å². The van der Waals surface area contributed by atoms with Gasteiger partial charge in [-0.05, 0) is 95.1 Å². The maximum absolute atomic E-state index is 12.3. The predicted octanol–water partition coefficient (Wildman–Crippen LogP) is 5.38. The summed E-state index contributed by atoms with van der Waals surface area (Å²) < 4.78 is 11.7. The zero-order chi connectivity index (χ0) is 23.5. The molecule has 0 aliphatic heterocycles. The van der Waals surface area contributed by atoms with E-state index in [-0.39, 0.29) is 12.5 Å². The van der Waals surface area contributed by atoms with E-state index in [1.165, 1.54) is 11.8 Å². The molecule has 3 rings (SSSR count). The molecular formula is C26H25IN2O4. The zero-order valence-corrected chi connectivity index (χ0v) is 20.4. The number of nitrogens with one attached hydrogen (secondary N) is 1. The van der Waals surface area contributed by atoms with Gasteiger partial charge in [-0.2, -0.15) is 5.10 Å². The topological polar surface area (TPSA) is 77.0 Å². The average molecular weight is 556 g/mol. The first-order chi connectivity index (χ1) is 16.0. The molecule has 3 aromatic rings. The minimum Gasteiger partial charge on any atom is -0.484 e. The van der Waals surface area contributed by atoms with Crippen molar-refractivity contribution in [3.05, 3.63) is 93.1 Å². The average Bonchev–Trinajstić information content (AvgIpc) is 2.83. The summed E-state index contributed by atoms with van der Waals surface area (Å²) in [5.41, 5.74) is 4.95. The lowest BCUT2D eigenvalue weighted by molar-refractivity contribution is -0.123. The second kappa shape index (κ2) is 12.7. The Bertz CT molecular complexity index is 1100. The smallest absolute Gasteiger partial charge is 0.344 e. The van der Waals surface area contributed by atoms with Crippen LogP contribution in [-0.4, -0.2) is 24.7 Å². The Hall–Kier alpha value is -3.20. The Morgan fingerprint density at radius 1 is 0.970 bits per heavy atom. The number of ether oxygens (including phenoxy) is 2. The van der Waals surface area contributed by atoms with Crippen molar-refractivity contribution >= 4 is 40.7 Å². The van der Waals surface area contributed by atoms with E-state index in [0.29, 0.717) is 17.1 Å². The highest BCUT2D eigenvalue weighted by Crippen LogP contribution is 2.17. The highest BCUT2D eigenvalue weighted by atomic mass is 127. The molecule has 1 amide bonds. The lowest BCUT2D eigenvalue weighted by Gasteiger charge is -2.06. The molecule has 0 radical (unpaired) electrons. The van der Waals surface area contributed by atoms with Crippen LogP contribution in [0.25, 0.3) is 0 Å². The second-order valence-corrected chi connectivity index (χ2v) is 8.43. The molecule has 33 heavy (non-hydrogen) atoms. The number of rotatable bonds is 10. The molecule has 0 saturated carbocycles. The van der Waals surface area contributed by atoms with E-state index >= 15 is 0 Å². The van der Waals surface area contributed by atoms with Crippen molar-refractivity contribution in [3.63, 3.8) is 0 Å². The molecule has 0 atom stereocenters. The molecular weight excluding hydrogens is 531 g/mol. The zero-order valence-electron chi connectivity index (χ0n) is 18.3. The number of carbonyl (C=O) groups excluding carboxylic acids is 2. The van der Waals surface area contributed by atoms with Crippen molar-refractivity contribution in [2.45, 2.75) is 26.2 Å². The van der Waals surface area contributed by atoms with Crippen LogP contribution in [0, 0.1) is 3.57 Å². The number of halogens is 1. The van der Waals surface area contributed by atoms with Crippen molar-refractivity contribution < 1.29 is 19.1 Å². The van der Waals surface area contributed by atoms with Crippen LogP contribution in [0.2, 0.25) is 0 Å². The summed E-state index contributed by atoms with van der Waals surface area (Å²) in [6.07, 6.45) is 4.86. The normalized spacial score (nSPS) is 10.7. The van der Waals surface area contributed by atoms with Gasteiger partial charge in [-0.3, -0.25) is 4.79 Å². The molecule has 0 spiro atoms. The third kappa shape index (κ3) is 8.02. The summed E-state index contributed by atoms with van der Waals surface area (Å²) in [5.74, 6) is 0.299. The first-order valence-electron chi connectivity index (χ1n) is 10.7. The molecule has 0 heterocycles. The van der Waals surface area contributed by atoms with Crippen molar-refractivity contribution in [1.29, 1.82) is 0 Å². The fourth-order valence-corrected chi connectivity index (χ4v) is 3.51. The molecule has 0 aliphatic carbocycles. The van der Waals surface area contributed by atoms with Gasteiger partial charge in [-0.15, -0.1) is 0 Å². The fraction of sp³-hybridized carbons (Fsp3) is 0.192. The highest BCUT2D eigenvalue weighted by molar-refractivity contribution is 14.1. The number of hydrazone groups is 1. The van der Waals surface area contributed by atoms with Gasteiger partial charge in [0.2, 0.25) is 0 Å². The molecule has 0 saturated heterocycles. The lowest BCUT2D eigenvalue weighted by Crippen LogP contribution is -2.24. The standard InChI is InChI=1S/C26H25IN2O4/c1-2-3-6-19-9-13-21(14-10-19)32-18-25(30)29-28-17-20-11-15-22(16-12-20)33-26(31)23-7-4-5-8-24(23)27/h4-5,7-17H,2-3,6,18H2,1H3,(H,29,30). The molecule has 170 valence electrons. The number of carbonyl (C=O) groups is 2. The van der Waals surface area contributed by atoms with Crippen molar-refractivity contribution in [3.8, 4) is 11.5 Å². The molecule has 0 unspecified atom stereocenters. The van der Waals surface area contributed by atoms with Crippen molar-refractivity contribution in [1.82, 2.24) is 5.43 Å². The second-order valence-electron chi connectivity index (χ2n) is 7.27. The molecule has 0 bridgehead atoms. The molecule has 3 aromatic carbocycles. The Labute approximate surface area is 207 Å². The third-order valence-electron chi connectivity index (χ3n) is 4.70. The predicted molar refractivity (Wildman–Crippen MR) is 137 cm³/mol. The van der Waals surface area contributed by atoms with Crippen molar-refractivity contribution in [2.24, 2.45) is 5.10 Å². The van der Waals surface area contributed by atoms with Gasteiger partial charge in [0.05, 0.1) is 11.8 Å². The number of unbranched alkanes of at least 4 members (excludes halogenated alkanes) is 1. The number of amides is 1. The minimum atomic E-state index is -0.413. The van der Waals surface area contributed by atoms with Crippen LogP contribution in [0.15, 0.2) is 77.9 Å². The van der Waals surface area contributed by atoms with Gasteiger partial charge in [-0.1, -0.05) is 37.6 Å². The van der Waals surface area contributed by atoms with E-state index in [1.54, 1.807) is 36.4 Å². The first-order valence-corrected chi connectivity index (χ1v) is 11.7. The number of aryl methyl sites for hydroxylation is 1. The molecule has 0 fully saturated rings. The van der Waals surface area contributed by atoms with Crippen LogP contribution >= 0.6 is 22.6 Å². The fourth-order valence-electron chi connectivity index (χ4n) is 2.90. The van der Waals surface area contributed by atoms with Gasteiger partial charge in [0.15, 0.2) is 6.61 Å². The van der Waals surface area contributed by atoms with Crippen LogP contribution in [0.1, 0.15) is 41.3 Å². The van der Waals surface area contributed by atoms with Gasteiger partial charge in [0.25, 0.3) is 5.91 Å². The summed E-state index contributed by atoms with van der Waals surface area (Å²) >= 11 is 2.10. The van der Waals surface area contributed by atoms with Gasteiger partial charge >= 0.3 is 5.97 Å². The van der Waals surface area contributed by atoms with Gasteiger partial charge in [0, 0.05) is 3.57 Å². The summed E-state index contributed by atoms with van der Waals surface area (Å²) in [5, 5.41) is 3.94. The quantitative estimate of drug-likeness (QED) is 0.120. The molecule has 7 heteroatoms. The van der Waals surface area contributed by atoms with Crippen LogP contribution in [0.3, 0.4) is 0 Å². The third-order valence-corrected chi connectivity index (χ3v) is 5.64. The van der Waals surface area contributed by atoms with E-state index in [9.17, 15) is 9.59 Å². The lowest BCUT2D eigenvalue weighted by atomic mass is 10.1.